The third-order valence-electron chi connectivity index (χ3n) is 4.57. The molecule has 2 aromatic carbocycles. The molecule has 0 spiro atoms. The first-order chi connectivity index (χ1) is 16.6. The summed E-state index contributed by atoms with van der Waals surface area (Å²) in [5, 5.41) is 14.6. The number of carboxylic acids is 1. The summed E-state index contributed by atoms with van der Waals surface area (Å²) in [4.78, 5) is 66.7. The molecule has 0 radical (unpaired) electrons. The van der Waals surface area contributed by atoms with E-state index in [0.717, 1.165) is 17.4 Å². The molecular formula is C22H24N6O7. The van der Waals surface area contributed by atoms with Gasteiger partial charge in [-0.25, -0.2) is 15.1 Å². The van der Waals surface area contributed by atoms with Crippen LogP contribution in [0.4, 0.5) is 16.2 Å². The number of nitrogens with two attached hydrogens (primary N) is 1. The number of hydrogen-bond donors (Lipinski definition) is 5. The van der Waals surface area contributed by atoms with Crippen LogP contribution in [0.15, 0.2) is 59.7 Å². The fourth-order valence-corrected chi connectivity index (χ4v) is 2.99. The lowest BCUT2D eigenvalue weighted by Gasteiger charge is -2.30. The number of carboxylic acid groups (broad SMARTS) is 1. The molecule has 35 heavy (non-hydrogen) atoms. The van der Waals surface area contributed by atoms with Crippen LogP contribution >= 0.6 is 0 Å². The van der Waals surface area contributed by atoms with E-state index in [4.69, 9.17) is 21.2 Å². The fourth-order valence-electron chi connectivity index (χ4n) is 2.99. The summed E-state index contributed by atoms with van der Waals surface area (Å²) in [6.45, 7) is 1.21. The molecule has 2 aromatic rings. The van der Waals surface area contributed by atoms with E-state index in [9.17, 15) is 24.0 Å². The Hall–Kier alpha value is -4.65. The normalized spacial score (nSPS) is 11.9. The maximum atomic E-state index is 12.9. The van der Waals surface area contributed by atoms with Gasteiger partial charge in [-0.2, -0.15) is 10.6 Å². The largest absolute Gasteiger partial charge is 0.481 e. The molecule has 0 aliphatic carbocycles. The van der Waals surface area contributed by atoms with Crippen molar-refractivity contribution < 1.29 is 33.9 Å². The third-order valence-corrected chi connectivity index (χ3v) is 4.57. The standard InChI is InChI=1S/C22H24N6O7/c1-13(29)19(28(16-5-3-2-4-6-16)20(32)17(23)11-18(30)31)21(33)35-27-22(34)26-15-9-7-14(8-10-15)12-25-24/h2-10,17,19,24H,11-12,23H2,1H3,(H,30,31)(H2,26,27,34)/t17-,19-/m0/s1. The Morgan fingerprint density at radius 3 is 2.26 bits per heavy atom. The minimum Gasteiger partial charge on any atom is -0.481 e. The van der Waals surface area contributed by atoms with Gasteiger partial charge in [-0.05, 0) is 36.8 Å². The first-order valence-electron chi connectivity index (χ1n) is 10.2. The predicted molar refractivity (Wildman–Crippen MR) is 122 cm³/mol. The van der Waals surface area contributed by atoms with Gasteiger partial charge in [0.25, 0.3) is 0 Å². The second-order valence-electron chi connectivity index (χ2n) is 7.25. The van der Waals surface area contributed by atoms with Crippen molar-refractivity contribution in [3.8, 4) is 0 Å². The minimum absolute atomic E-state index is 0.0967. The molecule has 0 bridgehead atoms. The number of carbonyl (C=O) groups excluding carboxylic acids is 4. The van der Waals surface area contributed by atoms with Crippen molar-refractivity contribution in [3.05, 3.63) is 60.2 Å². The van der Waals surface area contributed by atoms with Crippen molar-refractivity contribution in [3.63, 3.8) is 0 Å². The number of amides is 3. The minimum atomic E-state index is -1.85. The van der Waals surface area contributed by atoms with Gasteiger partial charge in [-0.1, -0.05) is 30.3 Å². The van der Waals surface area contributed by atoms with Crippen LogP contribution in [0.3, 0.4) is 0 Å². The highest BCUT2D eigenvalue weighted by Crippen LogP contribution is 2.20. The lowest BCUT2D eigenvalue weighted by molar-refractivity contribution is -0.153. The summed E-state index contributed by atoms with van der Waals surface area (Å²) in [6, 6.07) is 9.56. The van der Waals surface area contributed by atoms with Gasteiger partial charge in [0, 0.05) is 11.4 Å². The highest BCUT2D eigenvalue weighted by Gasteiger charge is 2.39. The molecule has 0 aliphatic heterocycles. The summed E-state index contributed by atoms with van der Waals surface area (Å²) in [6.07, 6.45) is -0.739. The van der Waals surface area contributed by atoms with Crippen molar-refractivity contribution in [2.24, 2.45) is 10.8 Å². The first-order valence-corrected chi connectivity index (χ1v) is 10.2. The SMILES string of the molecule is CC(=O)[C@@H](C(=O)ONC(=O)Nc1ccc(CN=N)cc1)N(C(=O)[C@@H](N)CC(=O)O)c1ccccc1. The monoisotopic (exact) mass is 484 g/mol. The summed E-state index contributed by atoms with van der Waals surface area (Å²) < 4.78 is 0. The number of anilines is 2. The summed E-state index contributed by atoms with van der Waals surface area (Å²) in [5.41, 5.74) is 15.6. The van der Waals surface area contributed by atoms with Crippen LogP contribution in [0.25, 0.3) is 0 Å². The molecule has 0 saturated carbocycles. The van der Waals surface area contributed by atoms with Gasteiger partial charge in [0.2, 0.25) is 5.91 Å². The topological polar surface area (TPSA) is 204 Å². The number of carbonyl (C=O) groups is 5. The average Bonchev–Trinajstić information content (AvgIpc) is 2.81. The number of rotatable bonds is 10. The van der Waals surface area contributed by atoms with E-state index in [1.54, 1.807) is 30.3 Å². The molecule has 2 rings (SSSR count). The Bertz CT molecular complexity index is 1090. The number of nitrogens with one attached hydrogen (secondary N) is 3. The van der Waals surface area contributed by atoms with Crippen LogP contribution in [0.2, 0.25) is 0 Å². The molecule has 3 amide bonds. The first kappa shape index (κ1) is 26.6. The number of benzene rings is 2. The van der Waals surface area contributed by atoms with Gasteiger partial charge in [0.1, 0.15) is 0 Å². The Balaban J connectivity index is 2.17. The Kier molecular flexibility index (Phi) is 9.54. The van der Waals surface area contributed by atoms with E-state index in [2.05, 4.69) is 10.4 Å². The number of Topliss-reactive ketones (excluding diaryl/α,β-unsaturated/α-hetero) is 1. The summed E-state index contributed by atoms with van der Waals surface area (Å²) in [5.74, 6) is -4.45. The van der Waals surface area contributed by atoms with E-state index < -0.39 is 48.2 Å². The van der Waals surface area contributed by atoms with Crippen molar-refractivity contribution in [1.82, 2.24) is 5.48 Å². The zero-order valence-corrected chi connectivity index (χ0v) is 18.6. The molecule has 13 nitrogen and oxygen atoms in total. The molecule has 6 N–H and O–H groups in total. The number of para-hydroxylation sites is 1. The smallest absolute Gasteiger partial charge is 0.362 e. The van der Waals surface area contributed by atoms with E-state index in [1.165, 1.54) is 24.3 Å². The maximum absolute atomic E-state index is 12.9. The molecule has 0 saturated heterocycles. The van der Waals surface area contributed by atoms with Crippen LogP contribution in [-0.2, 0) is 30.6 Å². The molecule has 0 aliphatic rings. The van der Waals surface area contributed by atoms with Crippen LogP contribution in [-0.4, -0.2) is 46.9 Å². The van der Waals surface area contributed by atoms with Gasteiger partial charge in [0.05, 0.1) is 19.0 Å². The van der Waals surface area contributed by atoms with Crippen molar-refractivity contribution in [1.29, 1.82) is 5.53 Å². The van der Waals surface area contributed by atoms with Gasteiger partial charge in [0.15, 0.2) is 11.8 Å². The fraction of sp³-hybridized carbons (Fsp3) is 0.227. The summed E-state index contributed by atoms with van der Waals surface area (Å²) >= 11 is 0. The van der Waals surface area contributed by atoms with Crippen molar-refractivity contribution >= 4 is 41.0 Å². The van der Waals surface area contributed by atoms with E-state index in [1.807, 2.05) is 5.48 Å². The molecular weight excluding hydrogens is 460 g/mol. The van der Waals surface area contributed by atoms with Crippen molar-refractivity contribution in [2.45, 2.75) is 32.0 Å². The van der Waals surface area contributed by atoms with Crippen LogP contribution in [0, 0.1) is 5.53 Å². The Morgan fingerprint density at radius 2 is 1.71 bits per heavy atom. The van der Waals surface area contributed by atoms with Crippen molar-refractivity contribution in [2.75, 3.05) is 10.2 Å². The van der Waals surface area contributed by atoms with Gasteiger partial charge in [-0.3, -0.25) is 19.3 Å². The zero-order valence-electron chi connectivity index (χ0n) is 18.6. The molecule has 0 fully saturated rings. The molecule has 0 aromatic heterocycles. The molecule has 184 valence electrons. The predicted octanol–water partition coefficient (Wildman–Crippen LogP) is 1.59. The van der Waals surface area contributed by atoms with E-state index in [0.29, 0.717) is 5.69 Å². The number of aliphatic carboxylic acids is 1. The highest BCUT2D eigenvalue weighted by molar-refractivity contribution is 6.13. The second-order valence-corrected chi connectivity index (χ2v) is 7.25. The molecule has 0 unspecified atom stereocenters. The second kappa shape index (κ2) is 12.6. The van der Waals surface area contributed by atoms with Crippen LogP contribution < -0.4 is 21.4 Å². The number of hydrogen-bond acceptors (Lipinski definition) is 9. The number of ketones is 1. The van der Waals surface area contributed by atoms with Gasteiger partial charge >= 0.3 is 18.0 Å². The Labute approximate surface area is 199 Å². The summed E-state index contributed by atoms with van der Waals surface area (Å²) in [7, 11) is 0. The van der Waals surface area contributed by atoms with E-state index in [-0.39, 0.29) is 12.2 Å². The maximum Gasteiger partial charge on any atom is 0.362 e. The number of hydroxylamine groups is 1. The van der Waals surface area contributed by atoms with Gasteiger partial charge < -0.3 is 21.0 Å². The van der Waals surface area contributed by atoms with E-state index >= 15 is 0 Å². The molecule has 0 heterocycles. The lowest BCUT2D eigenvalue weighted by atomic mass is 10.1. The lowest BCUT2D eigenvalue weighted by Crippen LogP contribution is -2.56. The number of nitrogens with zero attached hydrogens (tertiary/aromatic N) is 2. The van der Waals surface area contributed by atoms with Crippen LogP contribution in [0.1, 0.15) is 18.9 Å². The molecule has 2 atom stereocenters. The molecule has 13 heteroatoms. The number of urea groups is 1. The third kappa shape index (κ3) is 7.71. The van der Waals surface area contributed by atoms with Crippen LogP contribution in [0.5, 0.6) is 0 Å². The van der Waals surface area contributed by atoms with Gasteiger partial charge in [-0.15, -0.1) is 0 Å². The Morgan fingerprint density at radius 1 is 1.09 bits per heavy atom. The quantitative estimate of drug-likeness (QED) is 0.190. The zero-order chi connectivity index (χ0) is 26.0. The highest BCUT2D eigenvalue weighted by atomic mass is 16.7. The average molecular weight is 484 g/mol.